The normalized spacial score (nSPS) is 14.4. The molecule has 7 heteroatoms. The maximum Gasteiger partial charge on any atom is 0.363 e. The van der Waals surface area contributed by atoms with Crippen LogP contribution in [0.4, 0.5) is 4.39 Å². The van der Waals surface area contributed by atoms with Crippen molar-refractivity contribution in [1.29, 1.82) is 0 Å². The first kappa shape index (κ1) is 21.0. The fraction of sp³-hybridized carbons (Fsp3) is 0.0833. The smallest absolute Gasteiger partial charge is 0.363 e. The van der Waals surface area contributed by atoms with Crippen LogP contribution in [0.15, 0.2) is 77.4 Å². The van der Waals surface area contributed by atoms with Gasteiger partial charge in [0.1, 0.15) is 12.4 Å². The van der Waals surface area contributed by atoms with Crippen LogP contribution in [0.5, 0.6) is 11.5 Å². The van der Waals surface area contributed by atoms with Crippen LogP contribution in [0.3, 0.4) is 0 Å². The molecule has 0 atom stereocenters. The Morgan fingerprint density at radius 3 is 2.58 bits per heavy atom. The van der Waals surface area contributed by atoms with Crippen molar-refractivity contribution in [3.8, 4) is 11.5 Å². The summed E-state index contributed by atoms with van der Waals surface area (Å²) in [7, 11) is 1.51. The molecule has 1 heterocycles. The standard InChI is InChI=1S/C24H17FINO4/c1-29-21-8-4-6-16(22(21)30-14-17-5-2-3-7-19(17)25)13-20-24(28)31-23(27-20)15-9-11-18(26)12-10-15/h2-13H,14H2,1H3/b20-13-. The Morgan fingerprint density at radius 1 is 1.06 bits per heavy atom. The van der Waals surface area contributed by atoms with Crippen molar-refractivity contribution < 1.29 is 23.4 Å². The van der Waals surface area contributed by atoms with Gasteiger partial charge in [0.15, 0.2) is 17.2 Å². The molecule has 0 saturated carbocycles. The average molecular weight is 529 g/mol. The molecule has 0 unspecified atom stereocenters. The van der Waals surface area contributed by atoms with E-state index >= 15 is 0 Å². The molecule has 0 spiro atoms. The van der Waals surface area contributed by atoms with E-state index in [4.69, 9.17) is 14.2 Å². The number of aliphatic imine (C=N–C) groups is 1. The molecule has 4 rings (SSSR count). The van der Waals surface area contributed by atoms with Gasteiger partial charge in [0, 0.05) is 20.3 Å². The van der Waals surface area contributed by atoms with E-state index in [0.717, 1.165) is 3.57 Å². The van der Waals surface area contributed by atoms with Crippen molar-refractivity contribution in [1.82, 2.24) is 0 Å². The van der Waals surface area contributed by atoms with E-state index in [1.165, 1.54) is 13.2 Å². The van der Waals surface area contributed by atoms with Crippen molar-refractivity contribution >= 4 is 40.5 Å². The zero-order chi connectivity index (χ0) is 21.8. The number of cyclic esters (lactones) is 1. The third kappa shape index (κ3) is 4.77. The van der Waals surface area contributed by atoms with Gasteiger partial charge in [-0.05, 0) is 65.1 Å². The predicted octanol–water partition coefficient (Wildman–Crippen LogP) is 5.36. The number of hydrogen-bond donors (Lipinski definition) is 0. The van der Waals surface area contributed by atoms with Gasteiger partial charge in [0.25, 0.3) is 0 Å². The molecule has 0 bridgehead atoms. The van der Waals surface area contributed by atoms with Crippen molar-refractivity contribution in [2.75, 3.05) is 7.11 Å². The van der Waals surface area contributed by atoms with Crippen molar-refractivity contribution in [3.63, 3.8) is 0 Å². The van der Waals surface area contributed by atoms with Crippen LogP contribution >= 0.6 is 22.6 Å². The monoisotopic (exact) mass is 529 g/mol. The van der Waals surface area contributed by atoms with Crippen LogP contribution in [-0.2, 0) is 16.1 Å². The Bertz CT molecular complexity index is 1190. The molecule has 0 fully saturated rings. The maximum absolute atomic E-state index is 14.0. The minimum atomic E-state index is -0.559. The third-order valence-corrected chi connectivity index (χ3v) is 5.28. The molecule has 5 nitrogen and oxygen atoms in total. The van der Waals surface area contributed by atoms with Gasteiger partial charge >= 0.3 is 5.97 Å². The second-order valence-electron chi connectivity index (χ2n) is 6.60. The number of halogens is 2. The second-order valence-corrected chi connectivity index (χ2v) is 7.85. The summed E-state index contributed by atoms with van der Waals surface area (Å²) >= 11 is 2.20. The molecular formula is C24H17FINO4. The summed E-state index contributed by atoms with van der Waals surface area (Å²) in [6, 6.07) is 19.1. The molecular weight excluding hydrogens is 512 g/mol. The first-order chi connectivity index (χ1) is 15.0. The SMILES string of the molecule is COc1cccc(/C=C2\N=C(c3ccc(I)cc3)OC2=O)c1OCc1ccccc1F. The summed E-state index contributed by atoms with van der Waals surface area (Å²) in [6.45, 7) is 0.00480. The minimum Gasteiger partial charge on any atom is -0.493 e. The number of ether oxygens (including phenoxy) is 3. The number of carbonyl (C=O) groups excluding carboxylic acids is 1. The molecule has 0 N–H and O–H groups in total. The van der Waals surface area contributed by atoms with Gasteiger partial charge in [-0.25, -0.2) is 14.2 Å². The molecule has 3 aromatic rings. The number of esters is 1. The highest BCUT2D eigenvalue weighted by atomic mass is 127. The summed E-state index contributed by atoms with van der Waals surface area (Å²) in [5, 5.41) is 0. The predicted molar refractivity (Wildman–Crippen MR) is 123 cm³/mol. The fourth-order valence-corrected chi connectivity index (χ4v) is 3.36. The quantitative estimate of drug-likeness (QED) is 0.245. The molecule has 1 aliphatic rings. The molecule has 3 aromatic carbocycles. The number of benzene rings is 3. The fourth-order valence-electron chi connectivity index (χ4n) is 3.00. The zero-order valence-corrected chi connectivity index (χ0v) is 18.6. The Labute approximate surface area is 192 Å². The number of hydrogen-bond acceptors (Lipinski definition) is 5. The molecule has 0 radical (unpaired) electrons. The highest BCUT2D eigenvalue weighted by Crippen LogP contribution is 2.34. The molecule has 156 valence electrons. The van der Waals surface area contributed by atoms with Gasteiger partial charge in [-0.2, -0.15) is 0 Å². The highest BCUT2D eigenvalue weighted by molar-refractivity contribution is 14.1. The average Bonchev–Trinajstić information content (AvgIpc) is 3.14. The van der Waals surface area contributed by atoms with E-state index in [1.807, 2.05) is 24.3 Å². The number of nitrogens with zero attached hydrogens (tertiary/aromatic N) is 1. The summed E-state index contributed by atoms with van der Waals surface area (Å²) < 4.78 is 31.7. The van der Waals surface area contributed by atoms with Gasteiger partial charge in [-0.3, -0.25) is 0 Å². The number of rotatable bonds is 6. The second kappa shape index (κ2) is 9.30. The zero-order valence-electron chi connectivity index (χ0n) is 16.5. The lowest BCUT2D eigenvalue weighted by atomic mass is 10.1. The van der Waals surface area contributed by atoms with Crippen LogP contribution in [0.2, 0.25) is 0 Å². The van der Waals surface area contributed by atoms with E-state index in [1.54, 1.807) is 42.5 Å². The van der Waals surface area contributed by atoms with Crippen molar-refractivity contribution in [3.05, 3.63) is 98.5 Å². The molecule has 1 aliphatic heterocycles. The third-order valence-electron chi connectivity index (χ3n) is 4.56. The van der Waals surface area contributed by atoms with Crippen molar-refractivity contribution in [2.24, 2.45) is 4.99 Å². The summed E-state index contributed by atoms with van der Waals surface area (Å²) in [6.07, 6.45) is 1.57. The van der Waals surface area contributed by atoms with Crippen LogP contribution in [0.1, 0.15) is 16.7 Å². The molecule has 0 aromatic heterocycles. The summed E-state index contributed by atoms with van der Waals surface area (Å²) in [5.41, 5.74) is 1.82. The topological polar surface area (TPSA) is 57.1 Å². The number of methoxy groups -OCH3 is 1. The highest BCUT2D eigenvalue weighted by Gasteiger charge is 2.25. The molecule has 0 saturated heterocycles. The van der Waals surface area contributed by atoms with Crippen LogP contribution < -0.4 is 9.47 Å². The number of carbonyl (C=O) groups is 1. The van der Waals surface area contributed by atoms with Gasteiger partial charge in [-0.15, -0.1) is 0 Å². The Kier molecular flexibility index (Phi) is 6.31. The first-order valence-electron chi connectivity index (χ1n) is 9.37. The Morgan fingerprint density at radius 2 is 1.84 bits per heavy atom. The van der Waals surface area contributed by atoms with Crippen LogP contribution in [0.25, 0.3) is 6.08 Å². The first-order valence-corrected chi connectivity index (χ1v) is 10.4. The Hall–Kier alpha value is -3.20. The lowest BCUT2D eigenvalue weighted by Crippen LogP contribution is -2.05. The van der Waals surface area contributed by atoms with Gasteiger partial charge in [-0.1, -0.05) is 30.3 Å². The molecule has 0 aliphatic carbocycles. The maximum atomic E-state index is 14.0. The number of para-hydroxylation sites is 1. The van der Waals surface area contributed by atoms with E-state index in [0.29, 0.717) is 28.2 Å². The lowest BCUT2D eigenvalue weighted by molar-refractivity contribution is -0.129. The van der Waals surface area contributed by atoms with Gasteiger partial charge in [0.2, 0.25) is 5.90 Å². The Balaban J connectivity index is 1.66. The van der Waals surface area contributed by atoms with E-state index < -0.39 is 5.97 Å². The van der Waals surface area contributed by atoms with Crippen LogP contribution in [-0.4, -0.2) is 19.0 Å². The largest absolute Gasteiger partial charge is 0.493 e. The summed E-state index contributed by atoms with van der Waals surface area (Å²) in [4.78, 5) is 16.7. The summed E-state index contributed by atoms with van der Waals surface area (Å²) in [5.74, 6) is 0.162. The van der Waals surface area contributed by atoms with E-state index in [2.05, 4.69) is 27.6 Å². The van der Waals surface area contributed by atoms with E-state index in [9.17, 15) is 9.18 Å². The lowest BCUT2D eigenvalue weighted by Gasteiger charge is -2.14. The van der Waals surface area contributed by atoms with Gasteiger partial charge < -0.3 is 14.2 Å². The molecule has 31 heavy (non-hydrogen) atoms. The van der Waals surface area contributed by atoms with Gasteiger partial charge in [0.05, 0.1) is 7.11 Å². The minimum absolute atomic E-state index is 0.00480. The van der Waals surface area contributed by atoms with E-state index in [-0.39, 0.29) is 24.0 Å². The van der Waals surface area contributed by atoms with Crippen molar-refractivity contribution in [2.45, 2.75) is 6.61 Å². The molecule has 0 amide bonds. The van der Waals surface area contributed by atoms with Crippen LogP contribution in [0, 0.1) is 9.39 Å².